The van der Waals surface area contributed by atoms with Gasteiger partial charge in [0.25, 0.3) is 0 Å². The van der Waals surface area contributed by atoms with Crippen molar-refractivity contribution in [3.8, 4) is 11.5 Å². The highest BCUT2D eigenvalue weighted by Crippen LogP contribution is 2.29. The fourth-order valence-electron chi connectivity index (χ4n) is 2.75. The van der Waals surface area contributed by atoms with Gasteiger partial charge in [0.05, 0.1) is 20.8 Å². The predicted molar refractivity (Wildman–Crippen MR) is 122 cm³/mol. The Labute approximate surface area is 175 Å². The van der Waals surface area contributed by atoms with E-state index in [1.165, 1.54) is 0 Å². The monoisotopic (exact) mass is 478 g/mol. The predicted octanol–water partition coefficient (Wildman–Crippen LogP) is 3.82. The zero-order valence-corrected chi connectivity index (χ0v) is 19.5. The number of methoxy groups -OCH3 is 2. The molecule has 1 aromatic carbocycles. The van der Waals surface area contributed by atoms with E-state index in [0.717, 1.165) is 31.3 Å². The fraction of sp³-hybridized carbons (Fsp3) is 0.632. The molecule has 0 radical (unpaired) electrons. The third kappa shape index (κ3) is 7.99. The van der Waals surface area contributed by atoms with E-state index in [0.29, 0.717) is 23.6 Å². The van der Waals surface area contributed by atoms with E-state index in [9.17, 15) is 0 Å². The molecule has 0 atom stereocenters. The third-order valence-electron chi connectivity index (χ3n) is 3.95. The van der Waals surface area contributed by atoms with Gasteiger partial charge in [-0.1, -0.05) is 0 Å². The minimum atomic E-state index is 0. The summed E-state index contributed by atoms with van der Waals surface area (Å²) in [6.45, 7) is 13.4. The minimum absolute atomic E-state index is 0. The van der Waals surface area contributed by atoms with Gasteiger partial charge in [0.1, 0.15) is 0 Å². The van der Waals surface area contributed by atoms with E-state index in [2.05, 4.69) is 50.2 Å². The summed E-state index contributed by atoms with van der Waals surface area (Å²) in [6.07, 6.45) is 0. The number of anilines is 1. The van der Waals surface area contributed by atoms with Crippen LogP contribution in [0, 0.1) is 0 Å². The minimum Gasteiger partial charge on any atom is -0.493 e. The van der Waals surface area contributed by atoms with Gasteiger partial charge in [0.15, 0.2) is 17.5 Å². The third-order valence-corrected chi connectivity index (χ3v) is 3.95. The van der Waals surface area contributed by atoms with Gasteiger partial charge < -0.3 is 20.1 Å². The molecular weight excluding hydrogens is 443 g/mol. The molecule has 0 amide bonds. The molecule has 0 heterocycles. The van der Waals surface area contributed by atoms with Crippen LogP contribution < -0.4 is 20.1 Å². The Morgan fingerprint density at radius 1 is 1.08 bits per heavy atom. The van der Waals surface area contributed by atoms with Crippen LogP contribution in [0.5, 0.6) is 11.5 Å². The largest absolute Gasteiger partial charge is 0.493 e. The maximum Gasteiger partial charge on any atom is 0.195 e. The van der Waals surface area contributed by atoms with Crippen molar-refractivity contribution in [2.24, 2.45) is 4.99 Å². The first-order chi connectivity index (χ1) is 11.9. The van der Waals surface area contributed by atoms with Crippen molar-refractivity contribution in [2.75, 3.05) is 39.2 Å². The zero-order chi connectivity index (χ0) is 18.8. The Hall–Kier alpha value is -1.22. The molecule has 0 saturated carbocycles. The lowest BCUT2D eigenvalue weighted by Gasteiger charge is -2.29. The van der Waals surface area contributed by atoms with Gasteiger partial charge in [-0.3, -0.25) is 9.89 Å². The number of hydrogen-bond acceptors (Lipinski definition) is 4. The summed E-state index contributed by atoms with van der Waals surface area (Å²) in [5.74, 6) is 2.16. The zero-order valence-electron chi connectivity index (χ0n) is 17.1. The summed E-state index contributed by atoms with van der Waals surface area (Å²) in [5.41, 5.74) is 0.905. The summed E-state index contributed by atoms with van der Waals surface area (Å²) >= 11 is 0. The number of nitrogens with one attached hydrogen (secondary N) is 2. The van der Waals surface area contributed by atoms with Gasteiger partial charge in [0, 0.05) is 36.9 Å². The quantitative estimate of drug-likeness (QED) is 0.321. The average Bonchev–Trinajstić information content (AvgIpc) is 2.57. The van der Waals surface area contributed by atoms with Gasteiger partial charge in [-0.05, 0) is 46.8 Å². The number of nitrogens with zero attached hydrogens (tertiary/aromatic N) is 2. The lowest BCUT2D eigenvalue weighted by Crippen LogP contribution is -2.39. The molecule has 0 aliphatic heterocycles. The van der Waals surface area contributed by atoms with Gasteiger partial charge in [-0.15, -0.1) is 24.0 Å². The van der Waals surface area contributed by atoms with E-state index in [-0.39, 0.29) is 24.0 Å². The van der Waals surface area contributed by atoms with E-state index in [1.54, 1.807) is 14.2 Å². The maximum atomic E-state index is 5.35. The second-order valence-corrected chi connectivity index (χ2v) is 6.38. The fourth-order valence-corrected chi connectivity index (χ4v) is 2.75. The van der Waals surface area contributed by atoms with Gasteiger partial charge in [0.2, 0.25) is 0 Å². The first-order valence-corrected chi connectivity index (χ1v) is 8.96. The molecule has 0 spiro atoms. The number of aliphatic imine (C=N–C) groups is 1. The van der Waals surface area contributed by atoms with Crippen LogP contribution in [0.2, 0.25) is 0 Å². The molecule has 0 aromatic heterocycles. The highest BCUT2D eigenvalue weighted by atomic mass is 127. The lowest BCUT2D eigenvalue weighted by atomic mass is 10.2. The van der Waals surface area contributed by atoms with E-state index < -0.39 is 0 Å². The van der Waals surface area contributed by atoms with Crippen molar-refractivity contribution >= 4 is 35.6 Å². The highest BCUT2D eigenvalue weighted by Gasteiger charge is 2.12. The van der Waals surface area contributed by atoms with Gasteiger partial charge in [-0.25, -0.2) is 0 Å². The second kappa shape index (κ2) is 13.0. The number of ether oxygens (including phenoxy) is 2. The van der Waals surface area contributed by atoms with E-state index in [1.807, 2.05) is 18.2 Å². The molecule has 7 heteroatoms. The van der Waals surface area contributed by atoms with Crippen LogP contribution >= 0.6 is 24.0 Å². The molecule has 1 aromatic rings. The van der Waals surface area contributed by atoms with Crippen LogP contribution in [0.15, 0.2) is 23.2 Å². The molecule has 0 fully saturated rings. The smallest absolute Gasteiger partial charge is 0.195 e. The second-order valence-electron chi connectivity index (χ2n) is 6.38. The van der Waals surface area contributed by atoms with Crippen molar-refractivity contribution < 1.29 is 9.47 Å². The molecule has 2 N–H and O–H groups in total. The number of hydrogen-bond donors (Lipinski definition) is 2. The molecule has 6 nitrogen and oxygen atoms in total. The van der Waals surface area contributed by atoms with Crippen molar-refractivity contribution in [1.82, 2.24) is 10.2 Å². The topological polar surface area (TPSA) is 58.1 Å². The van der Waals surface area contributed by atoms with Crippen molar-refractivity contribution in [3.63, 3.8) is 0 Å². The molecular formula is C19H35IN4O2. The summed E-state index contributed by atoms with van der Waals surface area (Å²) in [7, 11) is 3.26. The van der Waals surface area contributed by atoms with Crippen LogP contribution in [0.3, 0.4) is 0 Å². The average molecular weight is 478 g/mol. The van der Waals surface area contributed by atoms with Crippen molar-refractivity contribution in [3.05, 3.63) is 18.2 Å². The van der Waals surface area contributed by atoms with Crippen LogP contribution in [0.25, 0.3) is 0 Å². The van der Waals surface area contributed by atoms with Crippen molar-refractivity contribution in [2.45, 2.75) is 46.7 Å². The Bertz CT molecular complexity index is 542. The molecule has 0 aliphatic carbocycles. The summed E-state index contributed by atoms with van der Waals surface area (Å²) in [4.78, 5) is 7.13. The van der Waals surface area contributed by atoms with E-state index in [4.69, 9.17) is 14.5 Å². The normalized spacial score (nSPS) is 11.5. The molecule has 150 valence electrons. The SMILES string of the molecule is CCNC(=NCCN(C(C)C)C(C)C)Nc1ccc(OC)c(OC)c1.I. The van der Waals surface area contributed by atoms with Crippen LogP contribution in [-0.4, -0.2) is 56.8 Å². The Morgan fingerprint density at radius 2 is 1.69 bits per heavy atom. The maximum absolute atomic E-state index is 5.35. The number of halogens is 1. The van der Waals surface area contributed by atoms with Crippen molar-refractivity contribution in [1.29, 1.82) is 0 Å². The molecule has 0 unspecified atom stereocenters. The Kier molecular flexibility index (Phi) is 12.4. The van der Waals surface area contributed by atoms with Crippen LogP contribution in [0.1, 0.15) is 34.6 Å². The summed E-state index contributed by atoms with van der Waals surface area (Å²) < 4.78 is 10.6. The summed E-state index contributed by atoms with van der Waals surface area (Å²) in [5, 5.41) is 6.60. The van der Waals surface area contributed by atoms with Crippen LogP contribution in [-0.2, 0) is 0 Å². The van der Waals surface area contributed by atoms with Crippen LogP contribution in [0.4, 0.5) is 5.69 Å². The number of rotatable bonds is 9. The Balaban J connectivity index is 0.00000625. The first-order valence-electron chi connectivity index (χ1n) is 8.96. The molecule has 0 saturated heterocycles. The highest BCUT2D eigenvalue weighted by molar-refractivity contribution is 14.0. The first kappa shape index (κ1) is 24.8. The van der Waals surface area contributed by atoms with Gasteiger partial charge in [-0.2, -0.15) is 0 Å². The Morgan fingerprint density at radius 3 is 2.19 bits per heavy atom. The van der Waals surface area contributed by atoms with Gasteiger partial charge >= 0.3 is 0 Å². The number of guanidine groups is 1. The molecule has 0 bridgehead atoms. The standard InChI is InChI=1S/C19H34N4O2.HI/c1-8-20-19(21-11-12-23(14(2)3)15(4)5)22-16-9-10-17(24-6)18(13-16)25-7;/h9-10,13-15H,8,11-12H2,1-7H3,(H2,20,21,22);1H. The molecule has 1 rings (SSSR count). The number of benzene rings is 1. The summed E-state index contributed by atoms with van der Waals surface area (Å²) in [6, 6.07) is 6.75. The van der Waals surface area contributed by atoms with E-state index >= 15 is 0 Å². The molecule has 26 heavy (non-hydrogen) atoms. The lowest BCUT2D eigenvalue weighted by molar-refractivity contribution is 0.181. The molecule has 0 aliphatic rings.